The first-order chi connectivity index (χ1) is 15.8. The standard InChI is InChI=1S/C25H29N5OS2/c1-14(2)29-11-10-17-21(13-29)33-25(22(17)24-26-18-8-6-7-9-20(18)32-24)27-23(31)19-12-16(5)30(28-19)15(3)4/h6-9,12,14-15H,10-11,13H2,1-5H3,(H,27,31). The molecule has 172 valence electrons. The number of aromatic nitrogens is 3. The van der Waals surface area contributed by atoms with Crippen LogP contribution in [0.1, 0.15) is 60.4 Å². The molecule has 1 N–H and O–H groups in total. The first-order valence-corrected chi connectivity index (χ1v) is 13.1. The normalized spacial score (nSPS) is 14.4. The lowest BCUT2D eigenvalue weighted by Gasteiger charge is -2.30. The zero-order valence-electron chi connectivity index (χ0n) is 19.7. The molecule has 4 aromatic rings. The summed E-state index contributed by atoms with van der Waals surface area (Å²) >= 11 is 3.38. The van der Waals surface area contributed by atoms with Crippen molar-refractivity contribution in [1.82, 2.24) is 19.7 Å². The summed E-state index contributed by atoms with van der Waals surface area (Å²) in [5.41, 5.74) is 4.86. The van der Waals surface area contributed by atoms with Crippen molar-refractivity contribution in [2.75, 3.05) is 11.9 Å². The molecule has 0 unspecified atom stereocenters. The van der Waals surface area contributed by atoms with E-state index in [1.807, 2.05) is 35.9 Å². The highest BCUT2D eigenvalue weighted by atomic mass is 32.1. The van der Waals surface area contributed by atoms with Crippen LogP contribution in [0.15, 0.2) is 30.3 Å². The number of hydrogen-bond acceptors (Lipinski definition) is 6. The third-order valence-electron chi connectivity index (χ3n) is 6.20. The molecule has 3 aromatic heterocycles. The zero-order valence-corrected chi connectivity index (χ0v) is 21.3. The average molecular weight is 480 g/mol. The van der Waals surface area contributed by atoms with Gasteiger partial charge < -0.3 is 5.32 Å². The van der Waals surface area contributed by atoms with Crippen LogP contribution in [0.25, 0.3) is 20.8 Å². The summed E-state index contributed by atoms with van der Waals surface area (Å²) in [7, 11) is 0. The number of aryl methyl sites for hydroxylation is 1. The van der Waals surface area contributed by atoms with E-state index < -0.39 is 0 Å². The zero-order chi connectivity index (χ0) is 23.3. The van der Waals surface area contributed by atoms with Gasteiger partial charge in [-0.2, -0.15) is 5.10 Å². The van der Waals surface area contributed by atoms with E-state index in [1.165, 1.54) is 10.4 Å². The summed E-state index contributed by atoms with van der Waals surface area (Å²) in [6.07, 6.45) is 0.965. The Morgan fingerprint density at radius 1 is 1.12 bits per heavy atom. The number of nitrogens with one attached hydrogen (secondary N) is 1. The number of anilines is 1. The second-order valence-electron chi connectivity index (χ2n) is 9.17. The highest BCUT2D eigenvalue weighted by Gasteiger charge is 2.29. The number of nitrogens with zero attached hydrogens (tertiary/aromatic N) is 4. The number of carbonyl (C=O) groups is 1. The Balaban J connectivity index is 1.56. The van der Waals surface area contributed by atoms with Crippen LogP contribution >= 0.6 is 22.7 Å². The first-order valence-electron chi connectivity index (χ1n) is 11.4. The van der Waals surface area contributed by atoms with Crippen LogP contribution in [0.3, 0.4) is 0 Å². The Bertz CT molecular complexity index is 1300. The van der Waals surface area contributed by atoms with Crippen molar-refractivity contribution in [1.29, 1.82) is 0 Å². The minimum Gasteiger partial charge on any atom is -0.312 e. The van der Waals surface area contributed by atoms with E-state index in [0.717, 1.165) is 51.0 Å². The van der Waals surface area contributed by atoms with Crippen LogP contribution in [0.2, 0.25) is 0 Å². The first kappa shape index (κ1) is 22.3. The number of hydrogen-bond donors (Lipinski definition) is 1. The van der Waals surface area contributed by atoms with Crippen LogP contribution in [-0.4, -0.2) is 38.2 Å². The van der Waals surface area contributed by atoms with Gasteiger partial charge in [-0.15, -0.1) is 22.7 Å². The fraction of sp³-hybridized carbons (Fsp3) is 0.400. The Morgan fingerprint density at radius 2 is 1.91 bits per heavy atom. The van der Waals surface area contributed by atoms with Crippen LogP contribution in [-0.2, 0) is 13.0 Å². The number of para-hydroxylation sites is 1. The Labute approximate surface area is 202 Å². The topological polar surface area (TPSA) is 63.1 Å². The minimum atomic E-state index is -0.167. The van der Waals surface area contributed by atoms with Gasteiger partial charge in [-0.3, -0.25) is 14.4 Å². The van der Waals surface area contributed by atoms with Crippen molar-refractivity contribution in [2.24, 2.45) is 0 Å². The SMILES string of the molecule is Cc1cc(C(=O)Nc2sc3c(c2-c2nc4ccccc4s2)CCN(C(C)C)C3)nn1C(C)C. The second kappa shape index (κ2) is 8.66. The fourth-order valence-electron chi connectivity index (χ4n) is 4.45. The third-order valence-corrected chi connectivity index (χ3v) is 8.38. The molecule has 0 saturated heterocycles. The highest BCUT2D eigenvalue weighted by molar-refractivity contribution is 7.23. The molecule has 1 aliphatic rings. The van der Waals surface area contributed by atoms with Gasteiger partial charge in [-0.05, 0) is 64.8 Å². The molecule has 0 radical (unpaired) electrons. The largest absolute Gasteiger partial charge is 0.312 e. The van der Waals surface area contributed by atoms with Crippen LogP contribution in [0.5, 0.6) is 0 Å². The van der Waals surface area contributed by atoms with E-state index in [1.54, 1.807) is 22.7 Å². The van der Waals surface area contributed by atoms with Crippen molar-refractivity contribution in [2.45, 2.75) is 59.7 Å². The summed E-state index contributed by atoms with van der Waals surface area (Å²) in [6, 6.07) is 10.8. The molecule has 0 fully saturated rings. The Kier molecular flexibility index (Phi) is 5.84. The van der Waals surface area contributed by atoms with E-state index in [0.29, 0.717) is 11.7 Å². The number of benzene rings is 1. The lowest BCUT2D eigenvalue weighted by atomic mass is 10.0. The quantitative estimate of drug-likeness (QED) is 0.374. The summed E-state index contributed by atoms with van der Waals surface area (Å²) in [5.74, 6) is -0.167. The predicted molar refractivity (Wildman–Crippen MR) is 137 cm³/mol. The van der Waals surface area contributed by atoms with Gasteiger partial charge in [0.05, 0.1) is 10.2 Å². The Hall–Kier alpha value is -2.55. The molecular weight excluding hydrogens is 450 g/mol. The van der Waals surface area contributed by atoms with Gasteiger partial charge in [0.1, 0.15) is 10.0 Å². The van der Waals surface area contributed by atoms with E-state index in [-0.39, 0.29) is 11.9 Å². The average Bonchev–Trinajstić information content (AvgIpc) is 3.46. The van der Waals surface area contributed by atoms with Crippen molar-refractivity contribution >= 4 is 43.8 Å². The fourth-order valence-corrected chi connectivity index (χ4v) is 6.82. The third kappa shape index (κ3) is 4.11. The molecule has 0 atom stereocenters. The predicted octanol–water partition coefficient (Wildman–Crippen LogP) is 6.13. The number of thiophene rings is 1. The summed E-state index contributed by atoms with van der Waals surface area (Å²) < 4.78 is 3.05. The molecule has 33 heavy (non-hydrogen) atoms. The molecule has 5 rings (SSSR count). The van der Waals surface area contributed by atoms with E-state index in [4.69, 9.17) is 4.98 Å². The van der Waals surface area contributed by atoms with Gasteiger partial charge >= 0.3 is 0 Å². The second-order valence-corrected chi connectivity index (χ2v) is 11.3. The molecule has 8 heteroatoms. The maximum atomic E-state index is 13.2. The minimum absolute atomic E-state index is 0.167. The maximum Gasteiger partial charge on any atom is 0.276 e. The molecule has 0 bridgehead atoms. The molecule has 4 heterocycles. The number of amides is 1. The summed E-state index contributed by atoms with van der Waals surface area (Å²) in [5, 5.41) is 9.61. The van der Waals surface area contributed by atoms with E-state index in [9.17, 15) is 4.79 Å². The number of rotatable bonds is 5. The van der Waals surface area contributed by atoms with Crippen molar-refractivity contribution in [3.05, 3.63) is 52.2 Å². The Morgan fingerprint density at radius 3 is 2.61 bits per heavy atom. The molecule has 0 saturated carbocycles. The van der Waals surface area contributed by atoms with Crippen molar-refractivity contribution in [3.8, 4) is 10.6 Å². The molecule has 0 spiro atoms. The number of fused-ring (bicyclic) bond motifs is 2. The number of carbonyl (C=O) groups excluding carboxylic acids is 1. The lowest BCUT2D eigenvalue weighted by Crippen LogP contribution is -2.35. The van der Waals surface area contributed by atoms with Crippen LogP contribution < -0.4 is 5.32 Å². The molecule has 1 aliphatic heterocycles. The summed E-state index contributed by atoms with van der Waals surface area (Å²) in [6.45, 7) is 12.5. The van der Waals surface area contributed by atoms with E-state index in [2.05, 4.69) is 49.1 Å². The summed E-state index contributed by atoms with van der Waals surface area (Å²) in [4.78, 5) is 22.0. The monoisotopic (exact) mass is 479 g/mol. The van der Waals surface area contributed by atoms with Crippen molar-refractivity contribution < 1.29 is 4.79 Å². The van der Waals surface area contributed by atoms with Gasteiger partial charge in [0, 0.05) is 41.3 Å². The lowest BCUT2D eigenvalue weighted by molar-refractivity contribution is 0.102. The smallest absolute Gasteiger partial charge is 0.276 e. The van der Waals surface area contributed by atoms with Gasteiger partial charge in [-0.25, -0.2) is 4.98 Å². The molecule has 1 aromatic carbocycles. The van der Waals surface area contributed by atoms with Crippen molar-refractivity contribution in [3.63, 3.8) is 0 Å². The van der Waals surface area contributed by atoms with Gasteiger partial charge in [0.2, 0.25) is 0 Å². The molecule has 0 aliphatic carbocycles. The van der Waals surface area contributed by atoms with Crippen LogP contribution in [0, 0.1) is 6.92 Å². The van der Waals surface area contributed by atoms with Gasteiger partial charge in [0.15, 0.2) is 5.69 Å². The number of thiazole rings is 1. The maximum absolute atomic E-state index is 13.2. The van der Waals surface area contributed by atoms with Gasteiger partial charge in [0.25, 0.3) is 5.91 Å². The highest BCUT2D eigenvalue weighted by Crippen LogP contribution is 2.46. The molecule has 1 amide bonds. The molecule has 6 nitrogen and oxygen atoms in total. The van der Waals surface area contributed by atoms with Gasteiger partial charge in [-0.1, -0.05) is 12.1 Å². The van der Waals surface area contributed by atoms with E-state index >= 15 is 0 Å². The molecular formula is C25H29N5OS2. The van der Waals surface area contributed by atoms with Crippen LogP contribution in [0.4, 0.5) is 5.00 Å².